The van der Waals surface area contributed by atoms with Crippen LogP contribution in [-0.2, 0) is 4.79 Å². The lowest BCUT2D eigenvalue weighted by molar-refractivity contribution is -0.139. The molecule has 1 heterocycles. The molecule has 1 aliphatic heterocycles. The van der Waals surface area contributed by atoms with Crippen LogP contribution in [0.4, 0.5) is 0 Å². The fraction of sp³-hybridized carbons (Fsp3) is 0.913. The van der Waals surface area contributed by atoms with Gasteiger partial charge in [0.05, 0.1) is 6.54 Å². The van der Waals surface area contributed by atoms with Crippen molar-refractivity contribution in [2.24, 2.45) is 10.9 Å². The van der Waals surface area contributed by atoms with Crippen LogP contribution in [0.3, 0.4) is 0 Å². The fourth-order valence-corrected chi connectivity index (χ4v) is 4.19. The van der Waals surface area contributed by atoms with Gasteiger partial charge in [-0.05, 0) is 59.2 Å². The predicted octanol–water partition coefficient (Wildman–Crippen LogP) is 2.00. The van der Waals surface area contributed by atoms with E-state index in [4.69, 9.17) is 4.99 Å². The summed E-state index contributed by atoms with van der Waals surface area (Å²) in [6.45, 7) is 18.6. The maximum Gasteiger partial charge on any atom is 0.225 e. The first-order valence-corrected chi connectivity index (χ1v) is 12.4. The fourth-order valence-electron chi connectivity index (χ4n) is 4.19. The van der Waals surface area contributed by atoms with E-state index in [9.17, 15) is 4.79 Å². The molecule has 0 aromatic heterocycles. The van der Waals surface area contributed by atoms with E-state index in [1.807, 2.05) is 0 Å². The number of piperazine rings is 1. The second-order valence-electron chi connectivity index (χ2n) is 8.77. The van der Waals surface area contributed by atoms with Crippen molar-refractivity contribution in [3.63, 3.8) is 0 Å². The van der Waals surface area contributed by atoms with Crippen LogP contribution in [0.15, 0.2) is 4.99 Å². The van der Waals surface area contributed by atoms with Crippen LogP contribution in [0.5, 0.6) is 0 Å². The number of hydrogen-bond acceptors (Lipinski definition) is 4. The minimum absolute atomic E-state index is 0.323. The van der Waals surface area contributed by atoms with Crippen molar-refractivity contribution in [3.05, 3.63) is 0 Å². The first-order valence-electron chi connectivity index (χ1n) is 12.4. The zero-order chi connectivity index (χ0) is 21.8. The van der Waals surface area contributed by atoms with Crippen molar-refractivity contribution in [1.82, 2.24) is 25.3 Å². The van der Waals surface area contributed by atoms with E-state index in [1.54, 1.807) is 0 Å². The Hall–Kier alpha value is -1.34. The van der Waals surface area contributed by atoms with Crippen LogP contribution in [0.2, 0.25) is 0 Å². The molecule has 2 rings (SSSR count). The minimum atomic E-state index is 0.323. The lowest BCUT2D eigenvalue weighted by Gasteiger charge is -2.38. The number of aliphatic imine (C=N–C) groups is 1. The van der Waals surface area contributed by atoms with E-state index in [0.29, 0.717) is 17.9 Å². The topological polar surface area (TPSA) is 63.2 Å². The molecule has 0 bridgehead atoms. The van der Waals surface area contributed by atoms with Gasteiger partial charge in [0.2, 0.25) is 5.91 Å². The monoisotopic (exact) mass is 422 g/mol. The molecule has 1 atom stereocenters. The first kappa shape index (κ1) is 24.9. The average molecular weight is 423 g/mol. The molecule has 7 nitrogen and oxygen atoms in total. The molecule has 0 radical (unpaired) electrons. The van der Waals surface area contributed by atoms with Gasteiger partial charge in [-0.25, -0.2) is 0 Å². The summed E-state index contributed by atoms with van der Waals surface area (Å²) < 4.78 is 0. The molecular formula is C23H46N6O. The Morgan fingerprint density at radius 3 is 2.40 bits per heavy atom. The lowest BCUT2D eigenvalue weighted by Crippen LogP contribution is -2.51. The van der Waals surface area contributed by atoms with E-state index < -0.39 is 0 Å². The lowest BCUT2D eigenvalue weighted by atomic mass is 9.84. The molecule has 1 amide bonds. The van der Waals surface area contributed by atoms with Gasteiger partial charge in [0.15, 0.2) is 5.96 Å². The van der Waals surface area contributed by atoms with Crippen molar-refractivity contribution >= 4 is 11.9 Å². The summed E-state index contributed by atoms with van der Waals surface area (Å²) in [7, 11) is 0. The number of nitrogens with one attached hydrogen (secondary N) is 2. The standard InChI is InChI=1S/C23H46N6O/c1-5-24-23(26-20(4)10-9-14-27(6-2)7-3)25-13-15-28-16-18-29(19-17-28)22(30)21-11-8-12-21/h20-21H,5-19H2,1-4H3,(H2,24,25,26). The molecule has 1 saturated carbocycles. The summed E-state index contributed by atoms with van der Waals surface area (Å²) in [4.78, 5) is 24.2. The molecule has 1 unspecified atom stereocenters. The Balaban J connectivity index is 1.65. The van der Waals surface area contributed by atoms with Gasteiger partial charge in [-0.2, -0.15) is 0 Å². The summed E-state index contributed by atoms with van der Waals surface area (Å²) >= 11 is 0. The third-order valence-electron chi connectivity index (χ3n) is 6.56. The van der Waals surface area contributed by atoms with Crippen LogP contribution in [0, 0.1) is 5.92 Å². The Morgan fingerprint density at radius 1 is 1.13 bits per heavy atom. The SMILES string of the molecule is CCNC(=NCCN1CCN(C(=O)C2CCC2)CC1)NC(C)CCCN(CC)CC. The van der Waals surface area contributed by atoms with Crippen molar-refractivity contribution < 1.29 is 4.79 Å². The Labute approximate surface area is 184 Å². The zero-order valence-electron chi connectivity index (χ0n) is 20.0. The number of hydrogen-bond donors (Lipinski definition) is 2. The van der Waals surface area contributed by atoms with Crippen molar-refractivity contribution in [3.8, 4) is 0 Å². The normalized spacial score (nSPS) is 19.6. The zero-order valence-corrected chi connectivity index (χ0v) is 20.0. The van der Waals surface area contributed by atoms with Gasteiger partial charge >= 0.3 is 0 Å². The minimum Gasteiger partial charge on any atom is -0.357 e. The van der Waals surface area contributed by atoms with Gasteiger partial charge in [-0.15, -0.1) is 0 Å². The molecule has 1 aliphatic carbocycles. The smallest absolute Gasteiger partial charge is 0.225 e. The molecule has 0 aromatic rings. The molecule has 0 aromatic carbocycles. The van der Waals surface area contributed by atoms with E-state index in [2.05, 4.69) is 53.0 Å². The molecular weight excluding hydrogens is 376 g/mol. The summed E-state index contributed by atoms with van der Waals surface area (Å²) in [5.41, 5.74) is 0. The number of rotatable bonds is 12. The summed E-state index contributed by atoms with van der Waals surface area (Å²) in [6, 6.07) is 0.416. The maximum absolute atomic E-state index is 12.4. The molecule has 2 aliphatic rings. The molecule has 7 heteroatoms. The Morgan fingerprint density at radius 2 is 1.83 bits per heavy atom. The molecule has 2 fully saturated rings. The van der Waals surface area contributed by atoms with E-state index in [1.165, 1.54) is 19.4 Å². The second-order valence-corrected chi connectivity index (χ2v) is 8.77. The largest absolute Gasteiger partial charge is 0.357 e. The van der Waals surface area contributed by atoms with Crippen LogP contribution in [0.1, 0.15) is 59.8 Å². The number of nitrogens with zero attached hydrogens (tertiary/aromatic N) is 4. The van der Waals surface area contributed by atoms with Crippen LogP contribution < -0.4 is 10.6 Å². The van der Waals surface area contributed by atoms with Crippen LogP contribution in [0.25, 0.3) is 0 Å². The number of carbonyl (C=O) groups excluding carboxylic acids is 1. The molecule has 1 saturated heterocycles. The molecule has 2 N–H and O–H groups in total. The van der Waals surface area contributed by atoms with Gasteiger partial charge in [0.1, 0.15) is 0 Å². The van der Waals surface area contributed by atoms with Gasteiger partial charge in [0.25, 0.3) is 0 Å². The third-order valence-corrected chi connectivity index (χ3v) is 6.56. The van der Waals surface area contributed by atoms with E-state index >= 15 is 0 Å². The van der Waals surface area contributed by atoms with Gasteiger partial charge in [0, 0.05) is 51.2 Å². The highest BCUT2D eigenvalue weighted by Crippen LogP contribution is 2.28. The van der Waals surface area contributed by atoms with Gasteiger partial charge < -0.3 is 20.4 Å². The molecule has 174 valence electrons. The van der Waals surface area contributed by atoms with E-state index in [0.717, 1.165) is 84.1 Å². The maximum atomic E-state index is 12.4. The summed E-state index contributed by atoms with van der Waals surface area (Å²) in [5, 5.41) is 6.94. The molecule has 0 spiro atoms. The Kier molecular flexibility index (Phi) is 11.5. The van der Waals surface area contributed by atoms with Crippen LogP contribution >= 0.6 is 0 Å². The van der Waals surface area contributed by atoms with Gasteiger partial charge in [-0.3, -0.25) is 14.7 Å². The Bertz CT molecular complexity index is 510. The van der Waals surface area contributed by atoms with Crippen molar-refractivity contribution in [2.75, 3.05) is 65.4 Å². The molecule has 30 heavy (non-hydrogen) atoms. The van der Waals surface area contributed by atoms with E-state index in [-0.39, 0.29) is 0 Å². The number of guanidine groups is 1. The number of amides is 1. The highest BCUT2D eigenvalue weighted by atomic mass is 16.2. The highest BCUT2D eigenvalue weighted by molar-refractivity contribution is 5.80. The first-order chi connectivity index (χ1) is 14.6. The van der Waals surface area contributed by atoms with Crippen molar-refractivity contribution in [2.45, 2.75) is 65.8 Å². The summed E-state index contributed by atoms with van der Waals surface area (Å²) in [5.74, 6) is 1.64. The van der Waals surface area contributed by atoms with Crippen molar-refractivity contribution in [1.29, 1.82) is 0 Å². The number of carbonyl (C=O) groups is 1. The quantitative estimate of drug-likeness (QED) is 0.372. The summed E-state index contributed by atoms with van der Waals surface area (Å²) in [6.07, 6.45) is 5.78. The average Bonchev–Trinajstić information content (AvgIpc) is 2.70. The van der Waals surface area contributed by atoms with Gasteiger partial charge in [-0.1, -0.05) is 20.3 Å². The second kappa shape index (κ2) is 13.9. The highest BCUT2D eigenvalue weighted by Gasteiger charge is 2.30. The third kappa shape index (κ3) is 8.42. The predicted molar refractivity (Wildman–Crippen MR) is 126 cm³/mol. The van der Waals surface area contributed by atoms with Crippen LogP contribution in [-0.4, -0.2) is 98.1 Å².